The molecule has 5 rings (SSSR count). The van der Waals surface area contributed by atoms with E-state index in [0.717, 1.165) is 63.7 Å². The van der Waals surface area contributed by atoms with E-state index in [9.17, 15) is 26.3 Å². The Bertz CT molecular complexity index is 1180. The summed E-state index contributed by atoms with van der Waals surface area (Å²) in [4.78, 5) is 28.0. The Labute approximate surface area is 237 Å². The summed E-state index contributed by atoms with van der Waals surface area (Å²) in [5.41, 5.74) is 2.45. The third-order valence-electron chi connectivity index (χ3n) is 7.69. The molecule has 1 spiro atoms. The molecular formula is C25H34F6N6O5. The smallest absolute Gasteiger partial charge is 0.475 e. The van der Waals surface area contributed by atoms with Crippen LogP contribution in [0.2, 0.25) is 0 Å². The minimum atomic E-state index is -5.08. The molecule has 17 heteroatoms. The Morgan fingerprint density at radius 2 is 1.50 bits per heavy atom. The highest BCUT2D eigenvalue weighted by atomic mass is 19.4. The number of piperidine rings is 1. The van der Waals surface area contributed by atoms with Crippen LogP contribution in [0.15, 0.2) is 18.6 Å². The van der Waals surface area contributed by atoms with Crippen molar-refractivity contribution in [3.8, 4) is 11.3 Å². The lowest BCUT2D eigenvalue weighted by Crippen LogP contribution is -2.56. The van der Waals surface area contributed by atoms with Gasteiger partial charge in [0, 0.05) is 64.7 Å². The predicted octanol–water partition coefficient (Wildman–Crippen LogP) is 3.21. The number of halogens is 6. The van der Waals surface area contributed by atoms with Crippen molar-refractivity contribution in [1.82, 2.24) is 29.1 Å². The summed E-state index contributed by atoms with van der Waals surface area (Å²) in [5, 5.41) is 18.6. The zero-order valence-electron chi connectivity index (χ0n) is 23.2. The summed E-state index contributed by atoms with van der Waals surface area (Å²) < 4.78 is 73.3. The van der Waals surface area contributed by atoms with Gasteiger partial charge in [0.05, 0.1) is 23.6 Å². The van der Waals surface area contributed by atoms with Crippen LogP contribution in [0, 0.1) is 5.92 Å². The van der Waals surface area contributed by atoms with Gasteiger partial charge in [0.15, 0.2) is 0 Å². The fourth-order valence-electron chi connectivity index (χ4n) is 5.40. The molecule has 2 aromatic rings. The minimum absolute atomic E-state index is 0.0743. The van der Waals surface area contributed by atoms with Crippen molar-refractivity contribution in [3.63, 3.8) is 0 Å². The molecule has 3 aliphatic rings. The molecule has 0 bridgehead atoms. The van der Waals surface area contributed by atoms with Crippen molar-refractivity contribution >= 4 is 11.9 Å². The fraction of sp³-hybridized carbons (Fsp3) is 0.680. The van der Waals surface area contributed by atoms with Gasteiger partial charge in [0.25, 0.3) is 0 Å². The van der Waals surface area contributed by atoms with Crippen molar-refractivity contribution in [2.24, 2.45) is 13.0 Å². The SMILES string of the molecule is CN1CCn2c(-c3cnn(C)c3)cnc2C12CCN(CC1CCOCC1)CC2.O=C(O)C(F)(F)F.O=C(O)C(F)(F)F. The van der Waals surface area contributed by atoms with Crippen LogP contribution in [0.4, 0.5) is 26.3 Å². The maximum absolute atomic E-state index is 10.6. The van der Waals surface area contributed by atoms with E-state index >= 15 is 0 Å². The van der Waals surface area contributed by atoms with Gasteiger partial charge in [-0.15, -0.1) is 0 Å². The average Bonchev–Trinajstić information content (AvgIpc) is 3.54. The lowest BCUT2D eigenvalue weighted by molar-refractivity contribution is -0.193. The van der Waals surface area contributed by atoms with Crippen LogP contribution in [0.3, 0.4) is 0 Å². The average molecular weight is 613 g/mol. The number of carboxylic acids is 2. The van der Waals surface area contributed by atoms with Gasteiger partial charge in [0.2, 0.25) is 0 Å². The van der Waals surface area contributed by atoms with Crippen LogP contribution in [0.25, 0.3) is 11.3 Å². The number of hydrogen-bond acceptors (Lipinski definition) is 7. The second-order valence-electron chi connectivity index (χ2n) is 10.4. The number of hydrogen-bond donors (Lipinski definition) is 2. The molecule has 0 saturated carbocycles. The largest absolute Gasteiger partial charge is 0.490 e. The summed E-state index contributed by atoms with van der Waals surface area (Å²) in [6.07, 6.45) is 0.701. The van der Waals surface area contributed by atoms with Gasteiger partial charge in [-0.05, 0) is 38.6 Å². The Morgan fingerprint density at radius 3 is 1.98 bits per heavy atom. The summed E-state index contributed by atoms with van der Waals surface area (Å²) >= 11 is 0. The van der Waals surface area contributed by atoms with E-state index in [2.05, 4.69) is 38.9 Å². The van der Waals surface area contributed by atoms with Gasteiger partial charge >= 0.3 is 24.3 Å². The Hall–Kier alpha value is -3.18. The topological polar surface area (TPSA) is 126 Å². The van der Waals surface area contributed by atoms with Crippen LogP contribution in [-0.2, 0) is 33.5 Å². The van der Waals surface area contributed by atoms with E-state index in [1.54, 1.807) is 0 Å². The first kappa shape index (κ1) is 33.3. The third-order valence-corrected chi connectivity index (χ3v) is 7.69. The number of likely N-dealkylation sites (tertiary alicyclic amines) is 1. The van der Waals surface area contributed by atoms with Crippen LogP contribution in [0.1, 0.15) is 31.5 Å². The molecule has 2 fully saturated rings. The normalized spacial score (nSPS) is 19.7. The highest BCUT2D eigenvalue weighted by Gasteiger charge is 2.46. The van der Waals surface area contributed by atoms with Crippen LogP contribution in [0.5, 0.6) is 0 Å². The second kappa shape index (κ2) is 13.4. The standard InChI is InChI=1S/C21H32N6O.2C2HF3O2/c1-24-9-10-27-19(18-13-23-25(2)16-18)14-22-20(27)21(24)5-7-26(8-6-21)15-17-3-11-28-12-4-17;2*3-2(4,5)1(6)7/h13-14,16-17H,3-12,15H2,1-2H3;2*(H,6,7). The third kappa shape index (κ3) is 8.22. The van der Waals surface area contributed by atoms with Crippen molar-refractivity contribution in [3.05, 3.63) is 24.4 Å². The van der Waals surface area contributed by atoms with E-state index in [4.69, 9.17) is 29.5 Å². The van der Waals surface area contributed by atoms with Gasteiger partial charge in [-0.3, -0.25) is 9.58 Å². The fourth-order valence-corrected chi connectivity index (χ4v) is 5.40. The quantitative estimate of drug-likeness (QED) is 0.503. The van der Waals surface area contributed by atoms with E-state index < -0.39 is 24.3 Å². The van der Waals surface area contributed by atoms with Gasteiger partial charge in [-0.25, -0.2) is 14.6 Å². The molecule has 2 N–H and O–H groups in total. The number of likely N-dealkylation sites (N-methyl/N-ethyl adjacent to an activating group) is 1. The summed E-state index contributed by atoms with van der Waals surface area (Å²) in [7, 11) is 4.26. The molecule has 2 saturated heterocycles. The van der Waals surface area contributed by atoms with Crippen molar-refractivity contribution in [2.75, 3.05) is 46.4 Å². The number of carboxylic acid groups (broad SMARTS) is 2. The monoisotopic (exact) mass is 612 g/mol. The molecule has 0 unspecified atom stereocenters. The lowest BCUT2D eigenvalue weighted by Gasteiger charge is -2.50. The molecular weight excluding hydrogens is 578 g/mol. The second-order valence-corrected chi connectivity index (χ2v) is 10.4. The Balaban J connectivity index is 0.000000289. The van der Waals surface area contributed by atoms with Crippen molar-refractivity contribution < 1.29 is 50.9 Å². The highest BCUT2D eigenvalue weighted by molar-refractivity contribution is 5.73. The Morgan fingerprint density at radius 1 is 0.952 bits per heavy atom. The number of aromatic nitrogens is 4. The van der Waals surface area contributed by atoms with E-state index in [-0.39, 0.29) is 5.54 Å². The first-order valence-corrected chi connectivity index (χ1v) is 13.2. The summed E-state index contributed by atoms with van der Waals surface area (Å²) in [6.45, 7) is 7.53. The molecule has 0 amide bonds. The van der Waals surface area contributed by atoms with E-state index in [1.807, 2.05) is 17.9 Å². The number of alkyl halides is 6. The van der Waals surface area contributed by atoms with Gasteiger partial charge < -0.3 is 24.4 Å². The Kier molecular flexibility index (Phi) is 10.6. The predicted molar refractivity (Wildman–Crippen MR) is 135 cm³/mol. The molecule has 236 valence electrons. The van der Waals surface area contributed by atoms with Gasteiger partial charge in [-0.2, -0.15) is 31.4 Å². The summed E-state index contributed by atoms with van der Waals surface area (Å²) in [6, 6.07) is 0. The molecule has 5 heterocycles. The number of aryl methyl sites for hydroxylation is 1. The zero-order chi connectivity index (χ0) is 31.3. The van der Waals surface area contributed by atoms with Crippen molar-refractivity contribution in [1.29, 1.82) is 0 Å². The number of fused-ring (bicyclic) bond motifs is 2. The van der Waals surface area contributed by atoms with Crippen LogP contribution < -0.4 is 0 Å². The molecule has 11 nitrogen and oxygen atoms in total. The number of imidazole rings is 1. The molecule has 0 radical (unpaired) electrons. The lowest BCUT2D eigenvalue weighted by atomic mass is 9.83. The molecule has 0 aromatic carbocycles. The van der Waals surface area contributed by atoms with Gasteiger partial charge in [-0.1, -0.05) is 0 Å². The number of carbonyl (C=O) groups is 2. The van der Waals surface area contributed by atoms with Gasteiger partial charge in [0.1, 0.15) is 5.82 Å². The summed E-state index contributed by atoms with van der Waals surface area (Å²) in [5.74, 6) is -3.45. The first-order valence-electron chi connectivity index (χ1n) is 13.2. The molecule has 0 aliphatic carbocycles. The number of aliphatic carboxylic acids is 2. The van der Waals surface area contributed by atoms with Crippen LogP contribution >= 0.6 is 0 Å². The van der Waals surface area contributed by atoms with E-state index in [1.165, 1.54) is 30.9 Å². The molecule has 2 aromatic heterocycles. The highest BCUT2D eigenvalue weighted by Crippen LogP contribution is 2.41. The zero-order valence-corrected chi connectivity index (χ0v) is 23.2. The maximum Gasteiger partial charge on any atom is 0.490 e. The molecule has 0 atom stereocenters. The van der Waals surface area contributed by atoms with Crippen LogP contribution in [-0.4, -0.2) is 110 Å². The molecule has 42 heavy (non-hydrogen) atoms. The number of nitrogens with zero attached hydrogens (tertiary/aromatic N) is 6. The first-order chi connectivity index (χ1) is 19.5. The number of ether oxygens (including phenoxy) is 1. The molecule has 3 aliphatic heterocycles. The maximum atomic E-state index is 10.6. The van der Waals surface area contributed by atoms with Crippen molar-refractivity contribution in [2.45, 2.75) is 50.1 Å². The minimum Gasteiger partial charge on any atom is -0.475 e. The number of rotatable bonds is 3. The van der Waals surface area contributed by atoms with E-state index in [0.29, 0.717) is 0 Å².